The lowest BCUT2D eigenvalue weighted by Crippen LogP contribution is -2.27. The lowest BCUT2D eigenvalue weighted by Gasteiger charge is -2.16. The van der Waals surface area contributed by atoms with Gasteiger partial charge in [0.2, 0.25) is 0 Å². The second-order valence-electron chi connectivity index (χ2n) is 7.78. The van der Waals surface area contributed by atoms with Crippen molar-refractivity contribution in [3.8, 4) is 5.75 Å². The molecule has 8 nitrogen and oxygen atoms in total. The van der Waals surface area contributed by atoms with Gasteiger partial charge in [-0.1, -0.05) is 29.3 Å². The third-order valence-electron chi connectivity index (χ3n) is 5.39. The number of alkyl halides is 3. The Hall–Kier alpha value is -3.70. The summed E-state index contributed by atoms with van der Waals surface area (Å²) in [6.07, 6.45) is -3.46. The number of carbonyl (C=O) groups excluding carboxylic acids is 1. The Labute approximate surface area is 211 Å². The minimum absolute atomic E-state index is 0.0191. The largest absolute Gasteiger partial charge is 0.504 e. The summed E-state index contributed by atoms with van der Waals surface area (Å²) < 4.78 is 41.5. The van der Waals surface area contributed by atoms with E-state index >= 15 is 0 Å². The van der Waals surface area contributed by atoms with Gasteiger partial charge in [-0.15, -0.1) is 0 Å². The number of rotatable bonds is 4. The number of hydrogen-bond donors (Lipinski definition) is 2. The molecule has 186 valence electrons. The van der Waals surface area contributed by atoms with Crippen LogP contribution < -0.4 is 10.9 Å². The van der Waals surface area contributed by atoms with Gasteiger partial charge < -0.3 is 10.4 Å². The molecule has 1 amide bonds. The van der Waals surface area contributed by atoms with Gasteiger partial charge in [0.1, 0.15) is 11.5 Å². The van der Waals surface area contributed by atoms with Crippen LogP contribution in [0.15, 0.2) is 41.3 Å². The smallest absolute Gasteiger partial charge is 0.418 e. The molecule has 4 rings (SSSR count). The minimum Gasteiger partial charge on any atom is -0.504 e. The average Bonchev–Trinajstić information content (AvgIpc) is 2.81. The van der Waals surface area contributed by atoms with E-state index in [1.165, 1.54) is 19.2 Å². The van der Waals surface area contributed by atoms with Crippen LogP contribution in [-0.2, 0) is 12.7 Å². The Morgan fingerprint density at radius 2 is 1.89 bits per heavy atom. The molecular formula is C23H16Cl2F3N5O3. The zero-order valence-electron chi connectivity index (χ0n) is 18.6. The summed E-state index contributed by atoms with van der Waals surface area (Å²) in [6, 6.07) is 6.22. The second kappa shape index (κ2) is 9.40. The fourth-order valence-corrected chi connectivity index (χ4v) is 4.04. The molecule has 1 aromatic carbocycles. The predicted octanol–water partition coefficient (Wildman–Crippen LogP) is 5.14. The highest BCUT2D eigenvalue weighted by atomic mass is 35.5. The second-order valence-corrected chi connectivity index (χ2v) is 8.55. The number of benzene rings is 1. The molecule has 0 aliphatic rings. The molecule has 36 heavy (non-hydrogen) atoms. The molecule has 3 heterocycles. The summed E-state index contributed by atoms with van der Waals surface area (Å²) in [6.45, 7) is 2.70. The van der Waals surface area contributed by atoms with Gasteiger partial charge in [0, 0.05) is 6.20 Å². The first kappa shape index (κ1) is 25.4. The number of fused-ring (bicyclic) bond motifs is 1. The van der Waals surface area contributed by atoms with Crippen molar-refractivity contribution < 1.29 is 23.1 Å². The van der Waals surface area contributed by atoms with Crippen molar-refractivity contribution in [3.63, 3.8) is 0 Å². The van der Waals surface area contributed by atoms with Crippen LogP contribution in [0, 0.1) is 13.8 Å². The first-order valence-corrected chi connectivity index (χ1v) is 11.0. The maximum absolute atomic E-state index is 13.5. The molecule has 0 atom stereocenters. The lowest BCUT2D eigenvalue weighted by molar-refractivity contribution is -0.138. The number of hydrogen-bond acceptors (Lipinski definition) is 6. The Morgan fingerprint density at radius 1 is 1.17 bits per heavy atom. The van der Waals surface area contributed by atoms with E-state index in [-0.39, 0.29) is 38.8 Å². The number of pyridine rings is 2. The van der Waals surface area contributed by atoms with E-state index in [9.17, 15) is 27.9 Å². The van der Waals surface area contributed by atoms with E-state index in [2.05, 4.69) is 20.3 Å². The number of halogens is 5. The van der Waals surface area contributed by atoms with Gasteiger partial charge in [-0.3, -0.25) is 19.1 Å². The standard InChI is InChI=1S/C23H16Cl2F3N5O3/c1-10-5-6-14(32-21(35)15-8-13(24)19(34)20(25)31-15)17-18(10)30-11(2)33(22(17)36)9-16-12(23(26,27)28)4-3-7-29-16/h3-8,34H,9H2,1-2H3,(H,32,35). The molecule has 0 unspecified atom stereocenters. The number of carbonyl (C=O) groups is 1. The summed E-state index contributed by atoms with van der Waals surface area (Å²) in [4.78, 5) is 38.4. The molecule has 0 saturated heterocycles. The van der Waals surface area contributed by atoms with Crippen LogP contribution in [0.25, 0.3) is 10.9 Å². The third kappa shape index (κ3) is 4.71. The van der Waals surface area contributed by atoms with Gasteiger partial charge in [0.15, 0.2) is 10.9 Å². The number of aromatic hydroxyl groups is 1. The van der Waals surface area contributed by atoms with E-state index in [4.69, 9.17) is 23.2 Å². The molecule has 3 aromatic heterocycles. The van der Waals surface area contributed by atoms with Gasteiger partial charge in [-0.2, -0.15) is 13.2 Å². The number of nitrogens with zero attached hydrogens (tertiary/aromatic N) is 4. The molecule has 0 aliphatic heterocycles. The number of aromatic nitrogens is 4. The van der Waals surface area contributed by atoms with Crippen molar-refractivity contribution in [3.05, 3.63) is 85.4 Å². The number of amides is 1. The number of anilines is 1. The van der Waals surface area contributed by atoms with Crippen LogP contribution in [0.5, 0.6) is 5.75 Å². The molecule has 0 fully saturated rings. The quantitative estimate of drug-likeness (QED) is 0.349. The maximum Gasteiger partial charge on any atom is 0.418 e. The van der Waals surface area contributed by atoms with Crippen LogP contribution in [0.3, 0.4) is 0 Å². The molecule has 2 N–H and O–H groups in total. The van der Waals surface area contributed by atoms with Crippen LogP contribution in [0.2, 0.25) is 10.2 Å². The van der Waals surface area contributed by atoms with E-state index < -0.39 is 40.7 Å². The highest BCUT2D eigenvalue weighted by Gasteiger charge is 2.34. The van der Waals surface area contributed by atoms with E-state index in [0.29, 0.717) is 5.56 Å². The number of nitrogens with one attached hydrogen (secondary N) is 1. The maximum atomic E-state index is 13.5. The minimum atomic E-state index is -4.67. The van der Waals surface area contributed by atoms with Crippen molar-refractivity contribution in [1.82, 2.24) is 19.5 Å². The van der Waals surface area contributed by atoms with Gasteiger partial charge in [-0.25, -0.2) is 9.97 Å². The summed E-state index contributed by atoms with van der Waals surface area (Å²) in [5.74, 6) is -1.12. The SMILES string of the molecule is Cc1ccc(NC(=O)c2cc(Cl)c(O)c(Cl)n2)c2c(=O)n(Cc3ncccc3C(F)(F)F)c(C)nc12. The molecule has 0 spiro atoms. The van der Waals surface area contributed by atoms with Crippen LogP contribution >= 0.6 is 23.2 Å². The van der Waals surface area contributed by atoms with Crippen LogP contribution in [0.1, 0.15) is 33.1 Å². The highest BCUT2D eigenvalue weighted by Crippen LogP contribution is 2.32. The first-order valence-electron chi connectivity index (χ1n) is 10.3. The lowest BCUT2D eigenvalue weighted by atomic mass is 10.1. The predicted molar refractivity (Wildman–Crippen MR) is 128 cm³/mol. The zero-order valence-corrected chi connectivity index (χ0v) is 20.1. The Morgan fingerprint density at radius 3 is 2.56 bits per heavy atom. The summed E-state index contributed by atoms with van der Waals surface area (Å²) in [5.41, 5.74) is -1.32. The number of aryl methyl sites for hydroxylation is 2. The third-order valence-corrected chi connectivity index (χ3v) is 5.94. The molecule has 13 heteroatoms. The highest BCUT2D eigenvalue weighted by molar-refractivity contribution is 6.36. The Balaban J connectivity index is 1.83. The topological polar surface area (TPSA) is 110 Å². The van der Waals surface area contributed by atoms with Gasteiger partial charge in [0.25, 0.3) is 11.5 Å². The van der Waals surface area contributed by atoms with Gasteiger partial charge >= 0.3 is 6.18 Å². The van der Waals surface area contributed by atoms with Crippen molar-refractivity contribution in [1.29, 1.82) is 0 Å². The van der Waals surface area contributed by atoms with Crippen LogP contribution in [-0.4, -0.2) is 30.5 Å². The Bertz CT molecular complexity index is 1570. The molecule has 4 aromatic rings. The molecular weight excluding hydrogens is 522 g/mol. The first-order chi connectivity index (χ1) is 16.9. The van der Waals surface area contributed by atoms with E-state index in [0.717, 1.165) is 22.8 Å². The summed E-state index contributed by atoms with van der Waals surface area (Å²) >= 11 is 11.7. The van der Waals surface area contributed by atoms with Crippen molar-refractivity contribution >= 4 is 45.7 Å². The normalized spacial score (nSPS) is 11.6. The van der Waals surface area contributed by atoms with Crippen molar-refractivity contribution in [2.75, 3.05) is 5.32 Å². The molecule has 0 saturated carbocycles. The van der Waals surface area contributed by atoms with E-state index in [1.807, 2.05) is 0 Å². The van der Waals surface area contributed by atoms with E-state index in [1.54, 1.807) is 13.0 Å². The molecule has 0 bridgehead atoms. The Kier molecular flexibility index (Phi) is 6.63. The summed E-state index contributed by atoms with van der Waals surface area (Å²) in [7, 11) is 0. The zero-order chi connectivity index (χ0) is 26.4. The summed E-state index contributed by atoms with van der Waals surface area (Å²) in [5, 5.41) is 11.6. The monoisotopic (exact) mass is 537 g/mol. The van der Waals surface area contributed by atoms with Crippen molar-refractivity contribution in [2.24, 2.45) is 0 Å². The average molecular weight is 538 g/mol. The van der Waals surface area contributed by atoms with Gasteiger partial charge in [0.05, 0.1) is 39.4 Å². The fraction of sp³-hybridized carbons (Fsp3) is 0.174. The fourth-order valence-electron chi connectivity index (χ4n) is 3.60. The molecule has 0 radical (unpaired) electrons. The van der Waals surface area contributed by atoms with Gasteiger partial charge in [-0.05, 0) is 43.7 Å². The van der Waals surface area contributed by atoms with Crippen LogP contribution in [0.4, 0.5) is 18.9 Å². The van der Waals surface area contributed by atoms with Crippen molar-refractivity contribution in [2.45, 2.75) is 26.6 Å². The molecule has 0 aliphatic carbocycles.